The summed E-state index contributed by atoms with van der Waals surface area (Å²) in [6.45, 7) is 0.537. The minimum Gasteiger partial charge on any atom is -0.497 e. The summed E-state index contributed by atoms with van der Waals surface area (Å²) in [7, 11) is 3.33. The lowest BCUT2D eigenvalue weighted by Crippen LogP contribution is -1.95. The maximum Gasteiger partial charge on any atom is 0.120 e. The van der Waals surface area contributed by atoms with Crippen LogP contribution in [0.2, 0.25) is 0 Å². The Bertz CT molecular complexity index is 760. The molecule has 0 atom stereocenters. The summed E-state index contributed by atoms with van der Waals surface area (Å²) in [6, 6.07) is 24.0. The first kappa shape index (κ1) is 15.9. The van der Waals surface area contributed by atoms with E-state index in [0.717, 1.165) is 22.8 Å². The van der Waals surface area contributed by atoms with Gasteiger partial charge in [-0.15, -0.1) is 0 Å². The van der Waals surface area contributed by atoms with Gasteiger partial charge >= 0.3 is 0 Å². The quantitative estimate of drug-likeness (QED) is 0.643. The summed E-state index contributed by atoms with van der Waals surface area (Å²) in [4.78, 5) is 0. The van der Waals surface area contributed by atoms with Crippen LogP contribution in [0.5, 0.6) is 17.2 Å². The summed E-state index contributed by atoms with van der Waals surface area (Å²) in [5.74, 6) is 2.52. The van der Waals surface area contributed by atoms with E-state index in [4.69, 9.17) is 14.2 Å². The molecule has 0 spiro atoms. The lowest BCUT2D eigenvalue weighted by molar-refractivity contribution is 0.305. The van der Waals surface area contributed by atoms with Gasteiger partial charge in [-0.2, -0.15) is 0 Å². The molecule has 0 aliphatic carbocycles. The van der Waals surface area contributed by atoms with Crippen LogP contribution < -0.4 is 14.2 Å². The minimum absolute atomic E-state index is 0.537. The second-order valence-corrected chi connectivity index (χ2v) is 5.39. The van der Waals surface area contributed by atoms with Crippen LogP contribution in [-0.2, 0) is 6.61 Å². The first-order chi connectivity index (χ1) is 11.8. The molecule has 3 heteroatoms. The molecule has 0 radical (unpaired) electrons. The van der Waals surface area contributed by atoms with E-state index < -0.39 is 0 Å². The summed E-state index contributed by atoms with van der Waals surface area (Å²) >= 11 is 0. The largest absolute Gasteiger partial charge is 0.497 e. The van der Waals surface area contributed by atoms with Gasteiger partial charge in [-0.05, 0) is 53.1 Å². The average Bonchev–Trinajstić information content (AvgIpc) is 2.67. The Morgan fingerprint density at radius 3 is 1.46 bits per heavy atom. The van der Waals surface area contributed by atoms with Crippen molar-refractivity contribution in [2.75, 3.05) is 14.2 Å². The third-order valence-electron chi connectivity index (χ3n) is 3.84. The Balaban J connectivity index is 1.63. The molecule has 0 aromatic heterocycles. The van der Waals surface area contributed by atoms with Crippen LogP contribution in [-0.4, -0.2) is 14.2 Å². The summed E-state index contributed by atoms with van der Waals surface area (Å²) in [5, 5.41) is 0. The van der Waals surface area contributed by atoms with Gasteiger partial charge in [-0.3, -0.25) is 0 Å². The van der Waals surface area contributed by atoms with Gasteiger partial charge in [0.2, 0.25) is 0 Å². The molecule has 0 unspecified atom stereocenters. The van der Waals surface area contributed by atoms with Crippen molar-refractivity contribution in [1.29, 1.82) is 0 Å². The molecule has 0 aliphatic rings. The number of hydrogen-bond acceptors (Lipinski definition) is 3. The third kappa shape index (κ3) is 3.87. The molecule has 3 nitrogen and oxygen atoms in total. The zero-order valence-electron chi connectivity index (χ0n) is 13.9. The zero-order valence-corrected chi connectivity index (χ0v) is 13.9. The molecule has 0 heterocycles. The topological polar surface area (TPSA) is 27.7 Å². The van der Waals surface area contributed by atoms with E-state index in [1.54, 1.807) is 14.2 Å². The summed E-state index contributed by atoms with van der Waals surface area (Å²) in [5.41, 5.74) is 3.47. The molecule has 0 saturated carbocycles. The highest BCUT2D eigenvalue weighted by atomic mass is 16.5. The van der Waals surface area contributed by atoms with Crippen LogP contribution in [0.3, 0.4) is 0 Å². The Hall–Kier alpha value is -2.94. The number of hydrogen-bond donors (Lipinski definition) is 0. The molecule has 3 aromatic rings. The highest BCUT2D eigenvalue weighted by molar-refractivity contribution is 5.64. The van der Waals surface area contributed by atoms with E-state index >= 15 is 0 Å². The fourth-order valence-corrected chi connectivity index (χ4v) is 2.42. The molecule has 0 N–H and O–H groups in total. The molecule has 0 fully saturated rings. The molecular weight excluding hydrogens is 300 g/mol. The summed E-state index contributed by atoms with van der Waals surface area (Å²) in [6.07, 6.45) is 0. The van der Waals surface area contributed by atoms with Gasteiger partial charge in [0, 0.05) is 0 Å². The van der Waals surface area contributed by atoms with Gasteiger partial charge in [0.05, 0.1) is 14.2 Å². The van der Waals surface area contributed by atoms with Crippen molar-refractivity contribution in [2.45, 2.75) is 6.61 Å². The second kappa shape index (κ2) is 7.55. The van der Waals surface area contributed by atoms with E-state index in [0.29, 0.717) is 6.61 Å². The minimum atomic E-state index is 0.537. The molecule has 24 heavy (non-hydrogen) atoms. The second-order valence-electron chi connectivity index (χ2n) is 5.39. The van der Waals surface area contributed by atoms with Crippen LogP contribution in [0.4, 0.5) is 0 Å². The molecule has 0 bridgehead atoms. The standard InChI is InChI=1S/C21H20O3/c1-22-19-9-7-18(8-10-19)17-5-3-16(4-6-17)15-24-21-13-11-20(23-2)12-14-21/h3-14H,15H2,1-2H3. The Kier molecular flexibility index (Phi) is 5.02. The van der Waals surface area contributed by atoms with E-state index in [1.807, 2.05) is 36.4 Å². The van der Waals surface area contributed by atoms with Crippen LogP contribution in [0.15, 0.2) is 72.8 Å². The highest BCUT2D eigenvalue weighted by Gasteiger charge is 2.01. The van der Waals surface area contributed by atoms with E-state index in [1.165, 1.54) is 11.1 Å². The first-order valence-electron chi connectivity index (χ1n) is 7.79. The Labute approximate surface area is 142 Å². The number of benzene rings is 3. The fraction of sp³-hybridized carbons (Fsp3) is 0.143. The van der Waals surface area contributed by atoms with Crippen molar-refractivity contribution >= 4 is 0 Å². The van der Waals surface area contributed by atoms with Crippen LogP contribution >= 0.6 is 0 Å². The van der Waals surface area contributed by atoms with Crippen molar-refractivity contribution < 1.29 is 14.2 Å². The average molecular weight is 320 g/mol. The maximum absolute atomic E-state index is 5.80. The van der Waals surface area contributed by atoms with Crippen molar-refractivity contribution in [3.63, 3.8) is 0 Å². The SMILES string of the molecule is COc1ccc(OCc2ccc(-c3ccc(OC)cc3)cc2)cc1. The van der Waals surface area contributed by atoms with E-state index in [-0.39, 0.29) is 0 Å². The molecule has 0 aliphatic heterocycles. The molecule has 122 valence electrons. The normalized spacial score (nSPS) is 10.2. The predicted molar refractivity (Wildman–Crippen MR) is 95.8 cm³/mol. The maximum atomic E-state index is 5.80. The Morgan fingerprint density at radius 2 is 0.958 bits per heavy atom. The lowest BCUT2D eigenvalue weighted by atomic mass is 10.0. The molecular formula is C21H20O3. The Morgan fingerprint density at radius 1 is 0.542 bits per heavy atom. The molecule has 0 amide bonds. The van der Waals surface area contributed by atoms with Gasteiger partial charge < -0.3 is 14.2 Å². The van der Waals surface area contributed by atoms with Gasteiger partial charge in [-0.1, -0.05) is 36.4 Å². The van der Waals surface area contributed by atoms with Crippen LogP contribution in [0, 0.1) is 0 Å². The zero-order chi connectivity index (χ0) is 16.8. The number of ether oxygens (including phenoxy) is 3. The van der Waals surface area contributed by atoms with Crippen molar-refractivity contribution in [3.8, 4) is 28.4 Å². The monoisotopic (exact) mass is 320 g/mol. The lowest BCUT2D eigenvalue weighted by Gasteiger charge is -2.08. The van der Waals surface area contributed by atoms with Crippen LogP contribution in [0.25, 0.3) is 11.1 Å². The van der Waals surface area contributed by atoms with Crippen molar-refractivity contribution in [2.24, 2.45) is 0 Å². The van der Waals surface area contributed by atoms with E-state index in [9.17, 15) is 0 Å². The first-order valence-corrected chi connectivity index (χ1v) is 7.79. The number of methoxy groups -OCH3 is 2. The van der Waals surface area contributed by atoms with Crippen molar-refractivity contribution in [1.82, 2.24) is 0 Å². The van der Waals surface area contributed by atoms with Gasteiger partial charge in [-0.25, -0.2) is 0 Å². The van der Waals surface area contributed by atoms with Crippen LogP contribution in [0.1, 0.15) is 5.56 Å². The van der Waals surface area contributed by atoms with E-state index in [2.05, 4.69) is 36.4 Å². The van der Waals surface area contributed by atoms with Crippen molar-refractivity contribution in [3.05, 3.63) is 78.4 Å². The summed E-state index contributed by atoms with van der Waals surface area (Å²) < 4.78 is 16.1. The highest BCUT2D eigenvalue weighted by Crippen LogP contribution is 2.23. The molecule has 0 saturated heterocycles. The van der Waals surface area contributed by atoms with Gasteiger partial charge in [0.15, 0.2) is 0 Å². The van der Waals surface area contributed by atoms with Gasteiger partial charge in [0.25, 0.3) is 0 Å². The predicted octanol–water partition coefficient (Wildman–Crippen LogP) is 4.95. The smallest absolute Gasteiger partial charge is 0.120 e. The van der Waals surface area contributed by atoms with Gasteiger partial charge in [0.1, 0.15) is 23.9 Å². The number of rotatable bonds is 6. The third-order valence-corrected chi connectivity index (χ3v) is 3.84. The molecule has 3 aromatic carbocycles. The fourth-order valence-electron chi connectivity index (χ4n) is 2.42. The molecule has 3 rings (SSSR count).